The number of hydrogen-bond acceptors (Lipinski definition) is 1. The van der Waals surface area contributed by atoms with Gasteiger partial charge in [0, 0.05) is 35.5 Å². The third-order valence-corrected chi connectivity index (χ3v) is 3.24. The number of aromatic nitrogens is 1. The Hall–Kier alpha value is -1.13. The predicted octanol–water partition coefficient (Wildman–Crippen LogP) is 3.55. The normalized spacial score (nSPS) is 10.8. The molecule has 96 valence electrons. The van der Waals surface area contributed by atoms with Gasteiger partial charge in [-0.2, -0.15) is 0 Å². The highest BCUT2D eigenvalue weighted by molar-refractivity contribution is 9.10. The molecule has 0 bridgehead atoms. The van der Waals surface area contributed by atoms with Crippen LogP contribution in [0.15, 0.2) is 41.1 Å². The van der Waals surface area contributed by atoms with Crippen LogP contribution in [0.1, 0.15) is 18.1 Å². The number of nitrogens with zero attached hydrogens (tertiary/aromatic N) is 1. The van der Waals surface area contributed by atoms with E-state index in [0.717, 1.165) is 17.6 Å². The summed E-state index contributed by atoms with van der Waals surface area (Å²) in [5.74, 6) is -0.167. The van der Waals surface area contributed by atoms with Crippen LogP contribution in [0.4, 0.5) is 4.39 Å². The van der Waals surface area contributed by atoms with Gasteiger partial charge in [0.1, 0.15) is 5.82 Å². The molecule has 2 nitrogen and oxygen atoms in total. The van der Waals surface area contributed by atoms with E-state index in [4.69, 9.17) is 0 Å². The molecule has 2 rings (SSSR count). The second kappa shape index (κ2) is 6.16. The van der Waals surface area contributed by atoms with Crippen molar-refractivity contribution in [2.24, 2.45) is 0 Å². The highest BCUT2D eigenvalue weighted by Crippen LogP contribution is 2.17. The summed E-state index contributed by atoms with van der Waals surface area (Å²) in [4.78, 5) is 0. The minimum Gasteiger partial charge on any atom is -0.349 e. The lowest BCUT2D eigenvalue weighted by Gasteiger charge is -2.05. The molecule has 1 N–H and O–H groups in total. The van der Waals surface area contributed by atoms with E-state index in [2.05, 4.69) is 34.2 Å². The Balaban J connectivity index is 2.08. The van der Waals surface area contributed by atoms with E-state index < -0.39 is 0 Å². The Bertz CT molecular complexity index is 522. The van der Waals surface area contributed by atoms with Gasteiger partial charge < -0.3 is 9.88 Å². The Morgan fingerprint density at radius 1 is 1.33 bits per heavy atom. The minimum absolute atomic E-state index is 0.167. The number of hydrogen-bond donors (Lipinski definition) is 1. The lowest BCUT2D eigenvalue weighted by atomic mass is 10.2. The monoisotopic (exact) mass is 310 g/mol. The first-order chi connectivity index (χ1) is 8.69. The first-order valence-corrected chi connectivity index (χ1v) is 6.77. The van der Waals surface area contributed by atoms with Gasteiger partial charge in [-0.1, -0.05) is 22.9 Å². The van der Waals surface area contributed by atoms with Crippen molar-refractivity contribution in [3.63, 3.8) is 0 Å². The quantitative estimate of drug-likeness (QED) is 0.893. The standard InChI is InChI=1S/C14H16BrFN2/c1-2-17-8-11-5-6-18(9-11)10-12-7-13(15)3-4-14(12)16/h3-7,9,17H,2,8,10H2,1H3. The SMILES string of the molecule is CCNCc1ccn(Cc2cc(Br)ccc2F)c1. The molecule has 2 aromatic rings. The largest absolute Gasteiger partial charge is 0.349 e. The second-order valence-electron chi connectivity index (χ2n) is 4.21. The fourth-order valence-corrected chi connectivity index (χ4v) is 2.23. The molecule has 1 heterocycles. The van der Waals surface area contributed by atoms with Crippen molar-refractivity contribution >= 4 is 15.9 Å². The van der Waals surface area contributed by atoms with Crippen molar-refractivity contribution in [2.75, 3.05) is 6.54 Å². The molecule has 0 aliphatic rings. The van der Waals surface area contributed by atoms with Gasteiger partial charge in [-0.15, -0.1) is 0 Å². The maximum atomic E-state index is 13.6. The maximum Gasteiger partial charge on any atom is 0.128 e. The van der Waals surface area contributed by atoms with E-state index in [1.807, 2.05) is 23.0 Å². The van der Waals surface area contributed by atoms with Crippen LogP contribution in [0.25, 0.3) is 0 Å². The zero-order valence-corrected chi connectivity index (χ0v) is 11.9. The van der Waals surface area contributed by atoms with E-state index in [-0.39, 0.29) is 5.82 Å². The van der Waals surface area contributed by atoms with Gasteiger partial charge in [-0.3, -0.25) is 0 Å². The predicted molar refractivity (Wildman–Crippen MR) is 75.0 cm³/mol. The van der Waals surface area contributed by atoms with Gasteiger partial charge in [0.25, 0.3) is 0 Å². The summed E-state index contributed by atoms with van der Waals surface area (Å²) in [5.41, 5.74) is 1.90. The van der Waals surface area contributed by atoms with E-state index >= 15 is 0 Å². The van der Waals surface area contributed by atoms with Crippen molar-refractivity contribution in [1.82, 2.24) is 9.88 Å². The van der Waals surface area contributed by atoms with Crippen LogP contribution < -0.4 is 5.32 Å². The lowest BCUT2D eigenvalue weighted by Crippen LogP contribution is -2.11. The number of rotatable bonds is 5. The molecule has 0 spiro atoms. The molecular weight excluding hydrogens is 295 g/mol. The summed E-state index contributed by atoms with van der Waals surface area (Å²) < 4.78 is 16.5. The summed E-state index contributed by atoms with van der Waals surface area (Å²) in [6.45, 7) is 4.43. The second-order valence-corrected chi connectivity index (χ2v) is 5.12. The molecule has 0 atom stereocenters. The van der Waals surface area contributed by atoms with E-state index in [0.29, 0.717) is 12.1 Å². The first kappa shape index (κ1) is 13.3. The molecule has 0 aliphatic heterocycles. The summed E-state index contributed by atoms with van der Waals surface area (Å²) in [6, 6.07) is 7.07. The smallest absolute Gasteiger partial charge is 0.128 e. The molecule has 4 heteroatoms. The molecule has 18 heavy (non-hydrogen) atoms. The van der Waals surface area contributed by atoms with Gasteiger partial charge >= 0.3 is 0 Å². The Labute approximate surface area is 115 Å². The van der Waals surface area contributed by atoms with Gasteiger partial charge in [-0.25, -0.2) is 4.39 Å². The molecule has 0 unspecified atom stereocenters. The summed E-state index contributed by atoms with van der Waals surface area (Å²) >= 11 is 3.36. The van der Waals surface area contributed by atoms with Gasteiger partial charge in [0.05, 0.1) is 0 Å². The Morgan fingerprint density at radius 2 is 2.17 bits per heavy atom. The Kier molecular flexibility index (Phi) is 4.55. The molecule has 0 fully saturated rings. The maximum absolute atomic E-state index is 13.6. The molecular formula is C14H16BrFN2. The van der Waals surface area contributed by atoms with Crippen molar-refractivity contribution in [3.05, 3.63) is 58.1 Å². The van der Waals surface area contributed by atoms with Gasteiger partial charge in [-0.05, 0) is 36.4 Å². The first-order valence-electron chi connectivity index (χ1n) is 5.98. The Morgan fingerprint density at radius 3 is 2.94 bits per heavy atom. The zero-order chi connectivity index (χ0) is 13.0. The van der Waals surface area contributed by atoms with Crippen LogP contribution >= 0.6 is 15.9 Å². The average molecular weight is 311 g/mol. The summed E-state index contributed by atoms with van der Waals surface area (Å²) in [5, 5.41) is 3.27. The van der Waals surface area contributed by atoms with Crippen LogP contribution in [0.5, 0.6) is 0 Å². The number of halogens is 2. The van der Waals surface area contributed by atoms with E-state index in [9.17, 15) is 4.39 Å². The van der Waals surface area contributed by atoms with Crippen molar-refractivity contribution < 1.29 is 4.39 Å². The summed E-state index contributed by atoms with van der Waals surface area (Å²) in [6.07, 6.45) is 4.02. The molecule has 0 saturated heterocycles. The molecule has 0 amide bonds. The summed E-state index contributed by atoms with van der Waals surface area (Å²) in [7, 11) is 0. The molecule has 1 aromatic carbocycles. The molecule has 1 aromatic heterocycles. The van der Waals surface area contributed by atoms with Crippen LogP contribution in [-0.4, -0.2) is 11.1 Å². The topological polar surface area (TPSA) is 17.0 Å². The minimum atomic E-state index is -0.167. The average Bonchev–Trinajstić information content (AvgIpc) is 2.79. The zero-order valence-electron chi connectivity index (χ0n) is 10.3. The molecule has 0 aliphatic carbocycles. The highest BCUT2D eigenvalue weighted by atomic mass is 79.9. The third kappa shape index (κ3) is 3.43. The van der Waals surface area contributed by atoms with Crippen LogP contribution in [0.3, 0.4) is 0 Å². The molecule has 0 saturated carbocycles. The van der Waals surface area contributed by atoms with E-state index in [1.54, 1.807) is 6.07 Å². The molecule has 0 radical (unpaired) electrons. The third-order valence-electron chi connectivity index (χ3n) is 2.75. The fraction of sp³-hybridized carbons (Fsp3) is 0.286. The number of nitrogens with one attached hydrogen (secondary N) is 1. The number of benzene rings is 1. The van der Waals surface area contributed by atoms with Gasteiger partial charge in [0.2, 0.25) is 0 Å². The van der Waals surface area contributed by atoms with Gasteiger partial charge in [0.15, 0.2) is 0 Å². The lowest BCUT2D eigenvalue weighted by molar-refractivity contribution is 0.599. The van der Waals surface area contributed by atoms with Crippen molar-refractivity contribution in [1.29, 1.82) is 0 Å². The van der Waals surface area contributed by atoms with Crippen LogP contribution in [0.2, 0.25) is 0 Å². The van der Waals surface area contributed by atoms with Crippen molar-refractivity contribution in [2.45, 2.75) is 20.0 Å². The van der Waals surface area contributed by atoms with Crippen molar-refractivity contribution in [3.8, 4) is 0 Å². The van der Waals surface area contributed by atoms with Crippen LogP contribution in [0, 0.1) is 5.82 Å². The van der Waals surface area contributed by atoms with Crippen LogP contribution in [-0.2, 0) is 13.1 Å². The highest BCUT2D eigenvalue weighted by Gasteiger charge is 2.04. The van der Waals surface area contributed by atoms with E-state index in [1.165, 1.54) is 11.6 Å². The fourth-order valence-electron chi connectivity index (χ4n) is 1.82.